The van der Waals surface area contributed by atoms with Gasteiger partial charge in [0, 0.05) is 11.6 Å². The first-order chi connectivity index (χ1) is 18.7. The fourth-order valence-electron chi connectivity index (χ4n) is 4.35. The zero-order valence-electron chi connectivity index (χ0n) is 22.0. The van der Waals surface area contributed by atoms with Crippen LogP contribution in [0.3, 0.4) is 0 Å². The molecule has 0 radical (unpaired) electrons. The number of rotatable bonds is 9. The van der Waals surface area contributed by atoms with E-state index < -0.39 is 40.8 Å². The molecule has 1 amide bonds. The lowest BCUT2D eigenvalue weighted by Crippen LogP contribution is -2.30. The van der Waals surface area contributed by atoms with Crippen LogP contribution in [0.2, 0.25) is 0 Å². The minimum atomic E-state index is -1.30. The molecule has 204 valence electrons. The van der Waals surface area contributed by atoms with Crippen molar-refractivity contribution in [2.75, 3.05) is 25.2 Å². The molecule has 1 aliphatic rings. The molecule has 1 N–H and O–H groups in total. The molecule has 0 aliphatic carbocycles. The van der Waals surface area contributed by atoms with Crippen LogP contribution in [0.4, 0.5) is 14.5 Å². The summed E-state index contributed by atoms with van der Waals surface area (Å²) >= 11 is 0. The molecule has 3 aromatic rings. The van der Waals surface area contributed by atoms with Crippen molar-refractivity contribution in [3.63, 3.8) is 0 Å². The van der Waals surface area contributed by atoms with Crippen LogP contribution >= 0.6 is 0 Å². The molecule has 4 rings (SSSR count). The van der Waals surface area contributed by atoms with Gasteiger partial charge in [0.25, 0.3) is 11.7 Å². The average molecular weight is 538 g/mol. The third-order valence-corrected chi connectivity index (χ3v) is 6.11. The molecule has 3 aromatic carbocycles. The average Bonchev–Trinajstić information content (AvgIpc) is 3.18. The molecule has 1 fully saturated rings. The van der Waals surface area contributed by atoms with Crippen LogP contribution in [0.5, 0.6) is 17.2 Å². The summed E-state index contributed by atoms with van der Waals surface area (Å²) < 4.78 is 45.9. The highest BCUT2D eigenvalue weighted by Gasteiger charge is 2.48. The minimum Gasteiger partial charge on any atom is -0.507 e. The molecule has 1 atom stereocenters. The smallest absolute Gasteiger partial charge is 0.300 e. The van der Waals surface area contributed by atoms with Gasteiger partial charge in [-0.25, -0.2) is 8.78 Å². The molecule has 1 heterocycles. The first kappa shape index (κ1) is 27.6. The monoisotopic (exact) mass is 537 g/mol. The van der Waals surface area contributed by atoms with E-state index in [0.29, 0.717) is 36.0 Å². The molecule has 9 heteroatoms. The topological polar surface area (TPSA) is 85.3 Å². The SMILES string of the molecule is CCOc1cc(C2/C(=C(\O)c3cccc(OCC(C)C)c3)C(=O)C(=O)N2c2cc(F)ccc2F)ccc1OC. The van der Waals surface area contributed by atoms with E-state index in [4.69, 9.17) is 14.2 Å². The Morgan fingerprint density at radius 1 is 1.00 bits per heavy atom. The second-order valence-corrected chi connectivity index (χ2v) is 9.34. The van der Waals surface area contributed by atoms with Gasteiger partial charge in [-0.15, -0.1) is 0 Å². The number of aliphatic hydroxyl groups is 1. The normalized spacial score (nSPS) is 16.6. The van der Waals surface area contributed by atoms with E-state index in [1.807, 2.05) is 13.8 Å². The number of ketones is 1. The molecule has 1 aliphatic heterocycles. The first-order valence-electron chi connectivity index (χ1n) is 12.5. The number of aliphatic hydroxyl groups excluding tert-OH is 1. The summed E-state index contributed by atoms with van der Waals surface area (Å²) in [5.41, 5.74) is -0.199. The largest absolute Gasteiger partial charge is 0.507 e. The highest BCUT2D eigenvalue weighted by Crippen LogP contribution is 2.45. The number of methoxy groups -OCH3 is 1. The van der Waals surface area contributed by atoms with Crippen molar-refractivity contribution in [3.8, 4) is 17.2 Å². The highest BCUT2D eigenvalue weighted by molar-refractivity contribution is 6.51. The molecular weight excluding hydrogens is 508 g/mol. The van der Waals surface area contributed by atoms with E-state index in [-0.39, 0.29) is 17.1 Å². The number of amides is 1. The van der Waals surface area contributed by atoms with Gasteiger partial charge in [0.1, 0.15) is 23.1 Å². The lowest BCUT2D eigenvalue weighted by molar-refractivity contribution is -0.132. The molecular formula is C30H29F2NO6. The van der Waals surface area contributed by atoms with E-state index in [1.54, 1.807) is 49.4 Å². The van der Waals surface area contributed by atoms with Gasteiger partial charge in [0.15, 0.2) is 11.5 Å². The number of hydrogen-bond acceptors (Lipinski definition) is 6. The Hall–Kier alpha value is -4.40. The van der Waals surface area contributed by atoms with Crippen molar-refractivity contribution in [1.29, 1.82) is 0 Å². The quantitative estimate of drug-likeness (QED) is 0.204. The molecule has 1 saturated heterocycles. The lowest BCUT2D eigenvalue weighted by Gasteiger charge is -2.26. The Bertz CT molecular complexity index is 1430. The summed E-state index contributed by atoms with van der Waals surface area (Å²) in [4.78, 5) is 27.6. The molecule has 7 nitrogen and oxygen atoms in total. The van der Waals surface area contributed by atoms with Crippen LogP contribution in [0.1, 0.15) is 37.9 Å². The highest BCUT2D eigenvalue weighted by atomic mass is 19.1. The number of carbonyl (C=O) groups excluding carboxylic acids is 2. The number of carbonyl (C=O) groups is 2. The molecule has 0 bridgehead atoms. The van der Waals surface area contributed by atoms with Gasteiger partial charge in [-0.1, -0.05) is 32.0 Å². The zero-order valence-corrected chi connectivity index (χ0v) is 22.0. The summed E-state index contributed by atoms with van der Waals surface area (Å²) in [6.07, 6.45) is 0. The van der Waals surface area contributed by atoms with Crippen molar-refractivity contribution < 1.29 is 37.7 Å². The Morgan fingerprint density at radius 3 is 2.46 bits per heavy atom. The summed E-state index contributed by atoms with van der Waals surface area (Å²) in [5, 5.41) is 11.4. The van der Waals surface area contributed by atoms with Crippen molar-refractivity contribution in [1.82, 2.24) is 0 Å². The minimum absolute atomic E-state index is 0.220. The van der Waals surface area contributed by atoms with Gasteiger partial charge < -0.3 is 19.3 Å². The van der Waals surface area contributed by atoms with Gasteiger partial charge >= 0.3 is 0 Å². The summed E-state index contributed by atoms with van der Waals surface area (Å²) in [6, 6.07) is 12.4. The fraction of sp³-hybridized carbons (Fsp3) is 0.267. The Kier molecular flexibility index (Phi) is 8.18. The molecule has 39 heavy (non-hydrogen) atoms. The van der Waals surface area contributed by atoms with Gasteiger partial charge in [0.05, 0.1) is 37.6 Å². The van der Waals surface area contributed by atoms with E-state index in [9.17, 15) is 23.5 Å². The van der Waals surface area contributed by atoms with Crippen LogP contribution in [0.25, 0.3) is 5.76 Å². The van der Waals surface area contributed by atoms with Crippen molar-refractivity contribution in [3.05, 3.63) is 89.0 Å². The second kappa shape index (κ2) is 11.6. The standard InChI is InChI=1S/C30H29F2NO6/c1-5-38-25-14-18(9-12-24(25)37-4)27-26(28(34)19-7-6-8-21(13-19)39-16-17(2)3)29(35)30(36)33(27)23-15-20(31)10-11-22(23)32/h6-15,17,27,34H,5,16H2,1-4H3/b28-26+. The first-order valence-corrected chi connectivity index (χ1v) is 12.5. The molecule has 1 unspecified atom stereocenters. The van der Waals surface area contributed by atoms with Crippen LogP contribution in [-0.4, -0.2) is 37.1 Å². The molecule has 0 saturated carbocycles. The number of ether oxygens (including phenoxy) is 3. The number of halogens is 2. The number of benzene rings is 3. The summed E-state index contributed by atoms with van der Waals surface area (Å²) in [7, 11) is 1.46. The van der Waals surface area contributed by atoms with Gasteiger partial charge in [-0.2, -0.15) is 0 Å². The van der Waals surface area contributed by atoms with Crippen molar-refractivity contribution >= 4 is 23.1 Å². The zero-order chi connectivity index (χ0) is 28.3. The Labute approximate surface area is 225 Å². The Morgan fingerprint density at radius 2 is 1.77 bits per heavy atom. The van der Waals surface area contributed by atoms with Crippen LogP contribution < -0.4 is 19.1 Å². The molecule has 0 spiro atoms. The van der Waals surface area contributed by atoms with Crippen LogP contribution in [0, 0.1) is 17.6 Å². The number of anilines is 1. The predicted octanol–water partition coefficient (Wildman–Crippen LogP) is 6.03. The lowest BCUT2D eigenvalue weighted by atomic mass is 9.94. The van der Waals surface area contributed by atoms with Crippen molar-refractivity contribution in [2.45, 2.75) is 26.8 Å². The number of nitrogens with zero attached hydrogens (tertiary/aromatic N) is 1. The number of Topliss-reactive ketones (excluding diaryl/α,β-unsaturated/α-hetero) is 1. The van der Waals surface area contributed by atoms with Gasteiger partial charge in [-0.05, 0) is 54.8 Å². The van der Waals surface area contributed by atoms with E-state index >= 15 is 0 Å². The fourth-order valence-corrected chi connectivity index (χ4v) is 4.35. The maximum Gasteiger partial charge on any atom is 0.300 e. The van der Waals surface area contributed by atoms with Gasteiger partial charge in [-0.3, -0.25) is 14.5 Å². The van der Waals surface area contributed by atoms with Crippen LogP contribution in [-0.2, 0) is 9.59 Å². The van der Waals surface area contributed by atoms with Crippen LogP contribution in [0.15, 0.2) is 66.2 Å². The third kappa shape index (κ3) is 5.57. The maximum atomic E-state index is 15.0. The van der Waals surface area contributed by atoms with E-state index in [2.05, 4.69) is 0 Å². The van der Waals surface area contributed by atoms with E-state index in [1.165, 1.54) is 7.11 Å². The summed E-state index contributed by atoms with van der Waals surface area (Å²) in [5.74, 6) is -2.95. The predicted molar refractivity (Wildman–Crippen MR) is 142 cm³/mol. The maximum absolute atomic E-state index is 15.0. The van der Waals surface area contributed by atoms with E-state index in [0.717, 1.165) is 23.1 Å². The molecule has 0 aromatic heterocycles. The summed E-state index contributed by atoms with van der Waals surface area (Å²) in [6.45, 7) is 6.47. The Balaban J connectivity index is 1.94. The van der Waals surface area contributed by atoms with Crippen molar-refractivity contribution in [2.24, 2.45) is 5.92 Å². The third-order valence-electron chi connectivity index (χ3n) is 6.11. The number of hydrogen-bond donors (Lipinski definition) is 1. The van der Waals surface area contributed by atoms with Gasteiger partial charge in [0.2, 0.25) is 0 Å². The second-order valence-electron chi connectivity index (χ2n) is 9.34.